The minimum absolute atomic E-state index is 0.418. The molecule has 1 N–H and O–H groups in total. The lowest BCUT2D eigenvalue weighted by atomic mass is 9.64. The molecule has 21 heavy (non-hydrogen) atoms. The van der Waals surface area contributed by atoms with Crippen molar-refractivity contribution in [3.63, 3.8) is 0 Å². The molecule has 1 aliphatic rings. The second-order valence-corrected chi connectivity index (χ2v) is 7.71. The molecule has 0 radical (unpaired) electrons. The van der Waals surface area contributed by atoms with Gasteiger partial charge in [-0.3, -0.25) is 4.68 Å². The van der Waals surface area contributed by atoms with Crippen molar-refractivity contribution in [3.05, 3.63) is 12.2 Å². The molecule has 120 valence electrons. The van der Waals surface area contributed by atoms with Gasteiger partial charge in [0.1, 0.15) is 12.2 Å². The van der Waals surface area contributed by atoms with E-state index in [0.717, 1.165) is 43.1 Å². The first-order valence-electron chi connectivity index (χ1n) is 8.45. The van der Waals surface area contributed by atoms with E-state index < -0.39 is 0 Å². The largest absolute Gasteiger partial charge is 0.317 e. The van der Waals surface area contributed by atoms with Crippen LogP contribution in [0.2, 0.25) is 0 Å². The topological polar surface area (TPSA) is 42.7 Å². The van der Waals surface area contributed by atoms with Crippen molar-refractivity contribution >= 4 is 0 Å². The summed E-state index contributed by atoms with van der Waals surface area (Å²) in [5, 5.41) is 7.78. The Morgan fingerprint density at radius 2 is 2.05 bits per heavy atom. The molecule has 0 saturated heterocycles. The lowest BCUT2D eigenvalue weighted by molar-refractivity contribution is 0.0959. The van der Waals surface area contributed by atoms with Crippen LogP contribution in [0.3, 0.4) is 0 Å². The van der Waals surface area contributed by atoms with Crippen LogP contribution in [0.1, 0.15) is 52.8 Å². The van der Waals surface area contributed by atoms with Crippen molar-refractivity contribution in [1.82, 2.24) is 20.1 Å². The van der Waals surface area contributed by atoms with Crippen LogP contribution in [-0.2, 0) is 13.5 Å². The van der Waals surface area contributed by atoms with Crippen molar-refractivity contribution in [2.24, 2.45) is 30.2 Å². The molecule has 1 saturated carbocycles. The van der Waals surface area contributed by atoms with Crippen LogP contribution in [0, 0.1) is 23.2 Å². The van der Waals surface area contributed by atoms with E-state index in [-0.39, 0.29) is 0 Å². The van der Waals surface area contributed by atoms with E-state index in [2.05, 4.69) is 43.1 Å². The summed E-state index contributed by atoms with van der Waals surface area (Å²) in [6, 6.07) is 0. The molecule has 1 heterocycles. The number of hydrogen-bond donors (Lipinski definition) is 1. The maximum Gasteiger partial charge on any atom is 0.138 e. The van der Waals surface area contributed by atoms with Gasteiger partial charge in [-0.15, -0.1) is 0 Å². The predicted molar refractivity (Wildman–Crippen MR) is 87.0 cm³/mol. The first-order valence-corrected chi connectivity index (χ1v) is 8.45. The van der Waals surface area contributed by atoms with Crippen molar-refractivity contribution in [2.75, 3.05) is 13.1 Å². The first-order chi connectivity index (χ1) is 9.91. The molecule has 0 aliphatic heterocycles. The lowest BCUT2D eigenvalue weighted by Gasteiger charge is -2.42. The van der Waals surface area contributed by atoms with Crippen LogP contribution < -0.4 is 5.32 Å². The Balaban J connectivity index is 2.07. The Bertz CT molecular complexity index is 432. The van der Waals surface area contributed by atoms with Crippen LogP contribution >= 0.6 is 0 Å². The van der Waals surface area contributed by atoms with E-state index in [0.29, 0.717) is 5.41 Å². The van der Waals surface area contributed by atoms with E-state index in [4.69, 9.17) is 0 Å². The fraction of sp³-hybridized carbons (Fsp3) is 0.882. The number of hydrogen-bond acceptors (Lipinski definition) is 3. The summed E-state index contributed by atoms with van der Waals surface area (Å²) in [7, 11) is 2.01. The SMILES string of the molecule is CCNCC1CCC(C(C)(C)C)CC1Cc1ncnn1C. The Hall–Kier alpha value is -0.900. The van der Waals surface area contributed by atoms with Crippen LogP contribution in [0.5, 0.6) is 0 Å². The third-order valence-electron chi connectivity index (χ3n) is 5.27. The van der Waals surface area contributed by atoms with Crippen molar-refractivity contribution in [1.29, 1.82) is 0 Å². The van der Waals surface area contributed by atoms with Crippen LogP contribution in [0.4, 0.5) is 0 Å². The van der Waals surface area contributed by atoms with Gasteiger partial charge in [0.25, 0.3) is 0 Å². The summed E-state index contributed by atoms with van der Waals surface area (Å²) in [5.41, 5.74) is 0.418. The summed E-state index contributed by atoms with van der Waals surface area (Å²) in [5.74, 6) is 3.47. The highest BCUT2D eigenvalue weighted by molar-refractivity contribution is 4.93. The van der Waals surface area contributed by atoms with Crippen LogP contribution in [0.15, 0.2) is 6.33 Å². The Morgan fingerprint density at radius 3 is 2.62 bits per heavy atom. The highest BCUT2D eigenvalue weighted by Gasteiger charge is 2.36. The third-order valence-corrected chi connectivity index (χ3v) is 5.27. The van der Waals surface area contributed by atoms with Gasteiger partial charge in [-0.05, 0) is 55.5 Å². The van der Waals surface area contributed by atoms with Crippen LogP contribution in [0.25, 0.3) is 0 Å². The smallest absolute Gasteiger partial charge is 0.138 e. The standard InChI is InChI=1S/C17H32N4/c1-6-18-11-13-7-8-15(17(2,3)4)9-14(13)10-16-19-12-20-21(16)5/h12-15,18H,6-11H2,1-5H3. The molecule has 3 unspecified atom stereocenters. The molecule has 1 aromatic heterocycles. The maximum atomic E-state index is 4.44. The van der Waals surface area contributed by atoms with Gasteiger partial charge in [-0.25, -0.2) is 4.98 Å². The second kappa shape index (κ2) is 6.91. The second-order valence-electron chi connectivity index (χ2n) is 7.71. The monoisotopic (exact) mass is 292 g/mol. The van der Waals surface area contributed by atoms with Gasteiger partial charge in [0, 0.05) is 13.5 Å². The molecule has 0 bridgehead atoms. The Kier molecular flexibility index (Phi) is 5.42. The zero-order valence-corrected chi connectivity index (χ0v) is 14.4. The van der Waals surface area contributed by atoms with E-state index >= 15 is 0 Å². The normalized spacial score (nSPS) is 27.0. The lowest BCUT2D eigenvalue weighted by Crippen LogP contribution is -2.37. The first kappa shape index (κ1) is 16.5. The van der Waals surface area contributed by atoms with Gasteiger partial charge < -0.3 is 5.32 Å². The van der Waals surface area contributed by atoms with Crippen LogP contribution in [-0.4, -0.2) is 27.9 Å². The van der Waals surface area contributed by atoms with Gasteiger partial charge in [-0.2, -0.15) is 5.10 Å². The number of nitrogens with zero attached hydrogens (tertiary/aromatic N) is 3. The summed E-state index contributed by atoms with van der Waals surface area (Å²) in [4.78, 5) is 4.44. The zero-order valence-electron chi connectivity index (χ0n) is 14.4. The van der Waals surface area contributed by atoms with Crippen molar-refractivity contribution in [2.45, 2.75) is 53.4 Å². The zero-order chi connectivity index (χ0) is 15.5. The maximum absolute atomic E-state index is 4.44. The van der Waals surface area contributed by atoms with Gasteiger partial charge in [0.2, 0.25) is 0 Å². The molecule has 1 aromatic rings. The molecular weight excluding hydrogens is 260 g/mol. The predicted octanol–water partition coefficient (Wildman–Crippen LogP) is 3.05. The summed E-state index contributed by atoms with van der Waals surface area (Å²) in [6.45, 7) is 11.6. The molecule has 0 amide bonds. The highest BCUT2D eigenvalue weighted by atomic mass is 15.3. The number of aromatic nitrogens is 3. The van der Waals surface area contributed by atoms with Crippen molar-refractivity contribution in [3.8, 4) is 0 Å². The average Bonchev–Trinajstić information content (AvgIpc) is 2.82. The molecule has 0 spiro atoms. The van der Waals surface area contributed by atoms with Gasteiger partial charge >= 0.3 is 0 Å². The molecule has 4 nitrogen and oxygen atoms in total. The van der Waals surface area contributed by atoms with Gasteiger partial charge in [0.15, 0.2) is 0 Å². The average molecular weight is 292 g/mol. The van der Waals surface area contributed by atoms with Gasteiger partial charge in [0.05, 0.1) is 0 Å². The molecular formula is C17H32N4. The summed E-state index contributed by atoms with van der Waals surface area (Å²) in [6.07, 6.45) is 6.79. The van der Waals surface area contributed by atoms with Gasteiger partial charge in [-0.1, -0.05) is 27.7 Å². The highest BCUT2D eigenvalue weighted by Crippen LogP contribution is 2.43. The number of rotatable bonds is 5. The molecule has 0 aromatic carbocycles. The Morgan fingerprint density at radius 1 is 1.29 bits per heavy atom. The third kappa shape index (κ3) is 4.29. The van der Waals surface area contributed by atoms with E-state index in [1.807, 2.05) is 11.7 Å². The molecule has 1 fully saturated rings. The summed E-state index contributed by atoms with van der Waals surface area (Å²) < 4.78 is 1.94. The quantitative estimate of drug-likeness (QED) is 0.907. The minimum Gasteiger partial charge on any atom is -0.317 e. The number of aryl methyl sites for hydroxylation is 1. The fourth-order valence-electron chi connectivity index (χ4n) is 3.70. The van der Waals surface area contributed by atoms with E-state index in [1.54, 1.807) is 6.33 Å². The molecule has 1 aliphatic carbocycles. The number of nitrogens with one attached hydrogen (secondary N) is 1. The Labute approximate surface area is 129 Å². The molecule has 4 heteroatoms. The minimum atomic E-state index is 0.418. The summed E-state index contributed by atoms with van der Waals surface area (Å²) >= 11 is 0. The van der Waals surface area contributed by atoms with E-state index in [1.165, 1.54) is 19.3 Å². The molecule has 2 rings (SSSR count). The molecule has 3 atom stereocenters. The fourth-order valence-corrected chi connectivity index (χ4v) is 3.70. The van der Waals surface area contributed by atoms with Crippen molar-refractivity contribution < 1.29 is 0 Å². The van der Waals surface area contributed by atoms with E-state index in [9.17, 15) is 0 Å².